The van der Waals surface area contributed by atoms with Gasteiger partial charge in [0.25, 0.3) is 0 Å². The first-order valence-corrected chi connectivity index (χ1v) is 5.93. The van der Waals surface area contributed by atoms with Crippen molar-refractivity contribution < 1.29 is 23.1 Å². The highest BCUT2D eigenvalue weighted by molar-refractivity contribution is 6.30. The van der Waals surface area contributed by atoms with Gasteiger partial charge in [-0.2, -0.15) is 8.78 Å². The lowest BCUT2D eigenvalue weighted by atomic mass is 10.2. The molecule has 112 valence electrons. The number of alkyl halides is 2. The Balaban J connectivity index is 0.00000110. The van der Waals surface area contributed by atoms with Crippen LogP contribution in [0, 0.1) is 0 Å². The van der Waals surface area contributed by atoms with E-state index in [9.17, 15) is 13.6 Å². The smallest absolute Gasteiger partial charge is 0.345 e. The van der Waals surface area contributed by atoms with Crippen LogP contribution in [0.5, 0.6) is 0 Å². The lowest BCUT2D eigenvalue weighted by Gasteiger charge is -2.05. The zero-order valence-electron chi connectivity index (χ0n) is 10.5. The molecule has 1 rings (SSSR count). The van der Waals surface area contributed by atoms with E-state index in [1.54, 1.807) is 24.3 Å². The van der Waals surface area contributed by atoms with Crippen molar-refractivity contribution in [2.24, 2.45) is 5.73 Å². The van der Waals surface area contributed by atoms with Crippen LogP contribution in [-0.4, -0.2) is 25.5 Å². The van der Waals surface area contributed by atoms with Gasteiger partial charge in [0, 0.05) is 11.6 Å². The maximum atomic E-state index is 11.6. The quantitative estimate of drug-likeness (QED) is 0.785. The van der Waals surface area contributed by atoms with Crippen molar-refractivity contribution >= 4 is 23.9 Å². The normalized spacial score (nSPS) is 9.60. The molecule has 0 aliphatic carbocycles. The molecule has 0 unspecified atom stereocenters. The fourth-order valence-electron chi connectivity index (χ4n) is 1.13. The molecule has 0 aliphatic heterocycles. The van der Waals surface area contributed by atoms with Gasteiger partial charge >= 0.3 is 6.61 Å². The lowest BCUT2D eigenvalue weighted by Crippen LogP contribution is -2.24. The zero-order chi connectivity index (χ0) is 15.4. The number of rotatable bonds is 6. The van der Waals surface area contributed by atoms with E-state index in [1.165, 1.54) is 0 Å². The molecule has 0 bridgehead atoms. The SMILES string of the molecule is NC=O.O=C(CCOC(F)F)NCc1ccc(Cl)cc1. The van der Waals surface area contributed by atoms with Gasteiger partial charge in [-0.05, 0) is 17.7 Å². The van der Waals surface area contributed by atoms with Crippen molar-refractivity contribution in [3.63, 3.8) is 0 Å². The van der Waals surface area contributed by atoms with Gasteiger partial charge in [-0.25, -0.2) is 0 Å². The predicted octanol–water partition coefficient (Wildman–Crippen LogP) is 1.69. The average Bonchev–Trinajstić information content (AvgIpc) is 2.38. The Morgan fingerprint density at radius 1 is 1.40 bits per heavy atom. The monoisotopic (exact) mass is 308 g/mol. The van der Waals surface area contributed by atoms with Crippen molar-refractivity contribution in [3.8, 4) is 0 Å². The van der Waals surface area contributed by atoms with Crippen LogP contribution in [0.1, 0.15) is 12.0 Å². The van der Waals surface area contributed by atoms with Crippen molar-refractivity contribution in [2.45, 2.75) is 19.6 Å². The highest BCUT2D eigenvalue weighted by Crippen LogP contribution is 2.09. The molecule has 8 heteroatoms. The van der Waals surface area contributed by atoms with E-state index in [0.717, 1.165) is 5.56 Å². The second-order valence-corrected chi connectivity index (χ2v) is 3.86. The summed E-state index contributed by atoms with van der Waals surface area (Å²) in [6.45, 7) is -2.78. The van der Waals surface area contributed by atoms with Crippen LogP contribution in [0.2, 0.25) is 5.02 Å². The number of nitrogens with one attached hydrogen (secondary N) is 1. The third-order valence-electron chi connectivity index (χ3n) is 1.98. The zero-order valence-corrected chi connectivity index (χ0v) is 11.3. The molecule has 0 heterocycles. The maximum Gasteiger partial charge on any atom is 0.345 e. The Morgan fingerprint density at radius 3 is 2.45 bits per heavy atom. The molecular weight excluding hydrogens is 294 g/mol. The summed E-state index contributed by atoms with van der Waals surface area (Å²) in [5, 5.41) is 3.20. The molecular formula is C12H15ClF2N2O3. The molecule has 0 atom stereocenters. The molecule has 2 amide bonds. The van der Waals surface area contributed by atoms with Crippen LogP contribution in [-0.2, 0) is 20.9 Å². The van der Waals surface area contributed by atoms with Gasteiger partial charge in [-0.1, -0.05) is 23.7 Å². The molecule has 1 aromatic rings. The third kappa shape index (κ3) is 10.2. The number of amides is 2. The number of hydrogen-bond acceptors (Lipinski definition) is 3. The van der Waals surface area contributed by atoms with Crippen LogP contribution in [0.15, 0.2) is 24.3 Å². The average molecular weight is 309 g/mol. The Hall–Kier alpha value is -1.73. The number of primary amides is 1. The summed E-state index contributed by atoms with van der Waals surface area (Å²) in [5.41, 5.74) is 5.05. The first kappa shape index (κ1) is 18.3. The lowest BCUT2D eigenvalue weighted by molar-refractivity contribution is -0.138. The molecule has 0 saturated carbocycles. The van der Waals surface area contributed by atoms with Crippen molar-refractivity contribution in [1.29, 1.82) is 0 Å². The summed E-state index contributed by atoms with van der Waals surface area (Å²) in [7, 11) is 0. The van der Waals surface area contributed by atoms with Gasteiger partial charge < -0.3 is 15.8 Å². The number of carbonyl (C=O) groups excluding carboxylic acids is 2. The minimum atomic E-state index is -2.83. The number of carbonyl (C=O) groups is 2. The molecule has 3 N–H and O–H groups in total. The predicted molar refractivity (Wildman–Crippen MR) is 70.1 cm³/mol. The van der Waals surface area contributed by atoms with Crippen LogP contribution < -0.4 is 11.1 Å². The van der Waals surface area contributed by atoms with Crippen LogP contribution in [0.4, 0.5) is 8.78 Å². The number of nitrogens with two attached hydrogens (primary N) is 1. The van der Waals surface area contributed by atoms with E-state index in [2.05, 4.69) is 15.8 Å². The molecule has 0 fully saturated rings. The Bertz CT molecular complexity index is 402. The summed E-state index contributed by atoms with van der Waals surface area (Å²) >= 11 is 5.70. The highest BCUT2D eigenvalue weighted by atomic mass is 35.5. The summed E-state index contributed by atoms with van der Waals surface area (Å²) < 4.78 is 27.2. The Morgan fingerprint density at radius 2 is 1.95 bits per heavy atom. The summed E-state index contributed by atoms with van der Waals surface area (Å²) in [6.07, 6.45) is 0.165. The van der Waals surface area contributed by atoms with Gasteiger partial charge in [0.1, 0.15) is 0 Å². The fraction of sp³-hybridized carbons (Fsp3) is 0.333. The largest absolute Gasteiger partial charge is 0.372 e. The van der Waals surface area contributed by atoms with Crippen LogP contribution in [0.25, 0.3) is 0 Å². The molecule has 0 saturated heterocycles. The third-order valence-corrected chi connectivity index (χ3v) is 2.23. The van der Waals surface area contributed by atoms with Gasteiger partial charge in [0.15, 0.2) is 0 Å². The highest BCUT2D eigenvalue weighted by Gasteiger charge is 2.05. The summed E-state index contributed by atoms with van der Waals surface area (Å²) in [5.74, 6) is -0.333. The van der Waals surface area contributed by atoms with Gasteiger partial charge in [-0.3, -0.25) is 9.59 Å². The summed E-state index contributed by atoms with van der Waals surface area (Å²) in [6, 6.07) is 6.97. The minimum Gasteiger partial charge on any atom is -0.372 e. The number of ether oxygens (including phenoxy) is 1. The Labute approximate surface area is 120 Å². The number of halogens is 3. The molecule has 5 nitrogen and oxygen atoms in total. The number of hydrogen-bond donors (Lipinski definition) is 2. The van der Waals surface area contributed by atoms with E-state index < -0.39 is 6.61 Å². The van der Waals surface area contributed by atoms with Gasteiger partial charge in [0.05, 0.1) is 13.0 Å². The van der Waals surface area contributed by atoms with E-state index in [1.807, 2.05) is 0 Å². The molecule has 0 spiro atoms. The number of benzene rings is 1. The van der Waals surface area contributed by atoms with E-state index in [-0.39, 0.29) is 25.3 Å². The molecule has 20 heavy (non-hydrogen) atoms. The summed E-state index contributed by atoms with van der Waals surface area (Å²) in [4.78, 5) is 19.8. The Kier molecular flexibility index (Phi) is 10.2. The van der Waals surface area contributed by atoms with Crippen molar-refractivity contribution in [3.05, 3.63) is 34.9 Å². The topological polar surface area (TPSA) is 81.4 Å². The first-order chi connectivity index (χ1) is 9.49. The van der Waals surface area contributed by atoms with E-state index in [4.69, 9.17) is 16.4 Å². The fourth-order valence-corrected chi connectivity index (χ4v) is 1.26. The molecule has 0 radical (unpaired) electrons. The second kappa shape index (κ2) is 11.1. The second-order valence-electron chi connectivity index (χ2n) is 3.42. The van der Waals surface area contributed by atoms with Gasteiger partial charge in [-0.15, -0.1) is 0 Å². The molecule has 0 aromatic heterocycles. The van der Waals surface area contributed by atoms with Crippen LogP contribution in [0.3, 0.4) is 0 Å². The van der Waals surface area contributed by atoms with Crippen molar-refractivity contribution in [2.75, 3.05) is 6.61 Å². The standard InChI is InChI=1S/C11H12ClF2NO2.CH3NO/c12-9-3-1-8(2-4-9)7-15-10(16)5-6-17-11(13)14;2-1-3/h1-4,11H,5-7H2,(H,15,16);1H,(H2,2,3). The molecule has 0 aliphatic rings. The van der Waals surface area contributed by atoms with Crippen LogP contribution >= 0.6 is 11.6 Å². The van der Waals surface area contributed by atoms with Gasteiger partial charge in [0.2, 0.25) is 12.3 Å². The molecule has 1 aromatic carbocycles. The van der Waals surface area contributed by atoms with E-state index >= 15 is 0 Å². The minimum absolute atomic E-state index is 0.0854. The first-order valence-electron chi connectivity index (χ1n) is 5.55. The van der Waals surface area contributed by atoms with Crippen molar-refractivity contribution in [1.82, 2.24) is 5.32 Å². The van der Waals surface area contributed by atoms with E-state index in [0.29, 0.717) is 11.6 Å². The maximum absolute atomic E-state index is 11.6.